The van der Waals surface area contributed by atoms with Crippen molar-refractivity contribution in [1.82, 2.24) is 0 Å². The zero-order valence-electron chi connectivity index (χ0n) is 11.4. The summed E-state index contributed by atoms with van der Waals surface area (Å²) in [5.41, 5.74) is 1.03. The lowest BCUT2D eigenvalue weighted by Crippen LogP contribution is -2.36. The number of carbonyl (C=O) groups is 1. The van der Waals surface area contributed by atoms with Crippen LogP contribution in [0.4, 0.5) is 0 Å². The van der Waals surface area contributed by atoms with Gasteiger partial charge in [-0.15, -0.1) is 0 Å². The molecule has 0 aromatic carbocycles. The van der Waals surface area contributed by atoms with Gasteiger partial charge in [0.25, 0.3) is 0 Å². The number of fused-ring (bicyclic) bond motifs is 5. The Kier molecular flexibility index (Phi) is 4.02. The number of rotatable bonds is 3. The Morgan fingerprint density at radius 3 is 2.85 bits per heavy atom. The van der Waals surface area contributed by atoms with E-state index in [1.54, 1.807) is 0 Å². The van der Waals surface area contributed by atoms with E-state index in [0.717, 1.165) is 22.9 Å². The van der Waals surface area contributed by atoms with Crippen LogP contribution < -0.4 is 0 Å². The van der Waals surface area contributed by atoms with E-state index in [1.807, 2.05) is 0 Å². The van der Waals surface area contributed by atoms with Crippen LogP contribution in [-0.2, 0) is 14.3 Å². The van der Waals surface area contributed by atoms with E-state index in [0.29, 0.717) is 24.7 Å². The van der Waals surface area contributed by atoms with Crippen molar-refractivity contribution in [2.24, 2.45) is 11.8 Å². The molecule has 0 aromatic heterocycles. The van der Waals surface area contributed by atoms with Crippen LogP contribution in [0.1, 0.15) is 25.7 Å². The summed E-state index contributed by atoms with van der Waals surface area (Å²) in [5.74, 6) is 0.568. The van der Waals surface area contributed by atoms with E-state index < -0.39 is 6.10 Å². The van der Waals surface area contributed by atoms with Crippen molar-refractivity contribution in [3.05, 3.63) is 22.2 Å². The summed E-state index contributed by atoms with van der Waals surface area (Å²) in [4.78, 5) is 11.4. The number of hydrogen-bond donors (Lipinski definition) is 1. The Bertz CT molecular complexity index is 470. The van der Waals surface area contributed by atoms with Crippen molar-refractivity contribution in [3.63, 3.8) is 0 Å². The highest BCUT2D eigenvalue weighted by Gasteiger charge is 2.52. The summed E-state index contributed by atoms with van der Waals surface area (Å²) < 4.78 is 11.6. The predicted molar refractivity (Wildman–Crippen MR) is 77.2 cm³/mol. The second kappa shape index (κ2) is 5.62. The number of hydrogen-bond acceptors (Lipinski definition) is 4. The number of aliphatic hydroxyl groups is 1. The third-order valence-electron chi connectivity index (χ3n) is 4.69. The molecule has 4 nitrogen and oxygen atoms in total. The van der Waals surface area contributed by atoms with Crippen molar-refractivity contribution in [1.29, 1.82) is 0 Å². The molecule has 0 spiro atoms. The molecule has 1 aliphatic carbocycles. The van der Waals surface area contributed by atoms with E-state index in [-0.39, 0.29) is 18.2 Å². The van der Waals surface area contributed by atoms with Gasteiger partial charge >= 0.3 is 5.97 Å². The molecule has 2 unspecified atom stereocenters. The van der Waals surface area contributed by atoms with Crippen LogP contribution in [0, 0.1) is 11.8 Å². The Balaban J connectivity index is 1.83. The largest absolute Gasteiger partial charge is 0.469 e. The summed E-state index contributed by atoms with van der Waals surface area (Å²) >= 11 is 3.52. The molecule has 3 aliphatic rings. The molecule has 110 valence electrons. The number of carbonyl (C=O) groups excluding carboxylic acids is 1. The molecule has 1 saturated heterocycles. The van der Waals surface area contributed by atoms with Gasteiger partial charge in [-0.2, -0.15) is 0 Å². The van der Waals surface area contributed by atoms with E-state index in [2.05, 4.69) is 28.1 Å². The fourth-order valence-electron chi connectivity index (χ4n) is 3.67. The minimum atomic E-state index is -0.611. The maximum atomic E-state index is 11.4. The quantitative estimate of drug-likeness (QED) is 0.631. The Morgan fingerprint density at radius 2 is 2.15 bits per heavy atom. The number of ether oxygens (including phenoxy) is 2. The maximum Gasteiger partial charge on any atom is 0.305 e. The monoisotopic (exact) mass is 342 g/mol. The molecular formula is C15H19BrO4. The van der Waals surface area contributed by atoms with Gasteiger partial charge in [-0.1, -0.05) is 28.1 Å². The zero-order chi connectivity index (χ0) is 14.3. The standard InChI is InChI=1S/C15H19BrO4/c1-19-11(17)7-6-10-12(16)13(18)15-9-5-3-2-4-8(9)14(10)20-15/h2-3,8-9,13-15,18H,4-7H2,1H3/t8?,9?,13-,14+,15-/m0/s1. The molecule has 2 bridgehead atoms. The number of halogens is 1. The highest BCUT2D eigenvalue weighted by Crippen LogP contribution is 2.50. The molecule has 0 saturated carbocycles. The molecule has 20 heavy (non-hydrogen) atoms. The van der Waals surface area contributed by atoms with E-state index >= 15 is 0 Å². The molecule has 1 N–H and O–H groups in total. The average molecular weight is 343 g/mol. The summed E-state index contributed by atoms with van der Waals surface area (Å²) in [6, 6.07) is 0. The summed E-state index contributed by atoms with van der Waals surface area (Å²) in [7, 11) is 1.39. The van der Waals surface area contributed by atoms with Gasteiger partial charge in [-0.3, -0.25) is 4.79 Å². The first-order valence-corrected chi connectivity index (χ1v) is 7.86. The minimum absolute atomic E-state index is 0.0254. The van der Waals surface area contributed by atoms with Crippen molar-refractivity contribution < 1.29 is 19.4 Å². The first-order chi connectivity index (χ1) is 9.63. The van der Waals surface area contributed by atoms with Gasteiger partial charge in [0.15, 0.2) is 0 Å². The third kappa shape index (κ3) is 2.26. The lowest BCUT2D eigenvalue weighted by Gasteiger charge is -2.30. The molecule has 5 heteroatoms. The molecule has 0 aromatic rings. The van der Waals surface area contributed by atoms with Gasteiger partial charge in [0.05, 0.1) is 19.3 Å². The van der Waals surface area contributed by atoms with Crippen LogP contribution in [0.5, 0.6) is 0 Å². The van der Waals surface area contributed by atoms with Gasteiger partial charge in [0.2, 0.25) is 0 Å². The Morgan fingerprint density at radius 1 is 1.45 bits per heavy atom. The van der Waals surface area contributed by atoms with Crippen molar-refractivity contribution in [2.75, 3.05) is 7.11 Å². The Hall–Kier alpha value is -0.650. The normalized spacial score (nSPS) is 38.9. The average Bonchev–Trinajstić information content (AvgIpc) is 2.82. The van der Waals surface area contributed by atoms with Crippen LogP contribution >= 0.6 is 15.9 Å². The summed E-state index contributed by atoms with van der Waals surface area (Å²) in [6.45, 7) is 0. The fourth-order valence-corrected chi connectivity index (χ4v) is 4.36. The van der Waals surface area contributed by atoms with Crippen LogP contribution in [0.3, 0.4) is 0 Å². The maximum absolute atomic E-state index is 11.4. The Labute approximate surface area is 127 Å². The second-order valence-electron chi connectivity index (χ2n) is 5.69. The second-order valence-corrected chi connectivity index (χ2v) is 6.54. The van der Waals surface area contributed by atoms with Crippen LogP contribution in [0.2, 0.25) is 0 Å². The highest BCUT2D eigenvalue weighted by molar-refractivity contribution is 9.11. The number of allylic oxidation sites excluding steroid dienone is 2. The van der Waals surface area contributed by atoms with Crippen LogP contribution in [-0.4, -0.2) is 36.5 Å². The van der Waals surface area contributed by atoms with Crippen molar-refractivity contribution in [2.45, 2.75) is 44.0 Å². The van der Waals surface area contributed by atoms with Gasteiger partial charge in [-0.05, 0) is 36.7 Å². The first kappa shape index (κ1) is 14.3. The zero-order valence-corrected chi connectivity index (χ0v) is 13.0. The molecule has 2 heterocycles. The third-order valence-corrected chi connectivity index (χ3v) is 5.67. The van der Waals surface area contributed by atoms with E-state index in [9.17, 15) is 9.90 Å². The molecule has 2 aliphatic heterocycles. The summed E-state index contributed by atoms with van der Waals surface area (Å²) in [6.07, 6.45) is 6.53. The van der Waals surface area contributed by atoms with E-state index in [4.69, 9.17) is 9.47 Å². The molecule has 3 rings (SSSR count). The molecule has 0 radical (unpaired) electrons. The predicted octanol–water partition coefficient (Wildman–Crippen LogP) is 2.31. The molecule has 0 amide bonds. The molecular weight excluding hydrogens is 324 g/mol. The smallest absolute Gasteiger partial charge is 0.305 e. The number of esters is 1. The minimum Gasteiger partial charge on any atom is -0.469 e. The lowest BCUT2D eigenvalue weighted by atomic mass is 9.78. The van der Waals surface area contributed by atoms with E-state index in [1.165, 1.54) is 7.11 Å². The number of methoxy groups -OCH3 is 1. The van der Waals surface area contributed by atoms with Crippen LogP contribution in [0.25, 0.3) is 0 Å². The van der Waals surface area contributed by atoms with Crippen LogP contribution in [0.15, 0.2) is 22.2 Å². The SMILES string of the molecule is COC(=O)CCC1=C(Br)[C@H](O)[C@H]2O[C@@H]1C1CC=CCC12. The van der Waals surface area contributed by atoms with Gasteiger partial charge in [0, 0.05) is 10.9 Å². The first-order valence-electron chi connectivity index (χ1n) is 7.07. The summed E-state index contributed by atoms with van der Waals surface area (Å²) in [5, 5.41) is 10.4. The van der Waals surface area contributed by atoms with Gasteiger partial charge in [-0.25, -0.2) is 0 Å². The van der Waals surface area contributed by atoms with Crippen molar-refractivity contribution in [3.8, 4) is 0 Å². The topological polar surface area (TPSA) is 55.8 Å². The van der Waals surface area contributed by atoms with Crippen molar-refractivity contribution >= 4 is 21.9 Å². The molecule has 1 fully saturated rings. The molecule has 5 atom stereocenters. The van der Waals surface area contributed by atoms with Gasteiger partial charge in [0.1, 0.15) is 6.10 Å². The fraction of sp³-hybridized carbons (Fsp3) is 0.667. The lowest BCUT2D eigenvalue weighted by molar-refractivity contribution is -0.140. The highest BCUT2D eigenvalue weighted by atomic mass is 79.9. The number of aliphatic hydroxyl groups excluding tert-OH is 1. The van der Waals surface area contributed by atoms with Gasteiger partial charge < -0.3 is 14.6 Å².